The zero-order valence-corrected chi connectivity index (χ0v) is 33.3. The zero-order chi connectivity index (χ0) is 38.9. The summed E-state index contributed by atoms with van der Waals surface area (Å²) >= 11 is 0. The van der Waals surface area contributed by atoms with Crippen molar-refractivity contribution in [3.63, 3.8) is 0 Å². The fourth-order valence-corrected chi connectivity index (χ4v) is 11.5. The first kappa shape index (κ1) is 33.3. The maximum atomic E-state index is 6.33. The number of pyridine rings is 1. The molecule has 4 aliphatic rings. The molecule has 4 heterocycles. The van der Waals surface area contributed by atoms with Crippen LogP contribution in [0.1, 0.15) is 94.8 Å². The molecule has 0 fully saturated rings. The molecule has 4 aliphatic carbocycles. The minimum atomic E-state index is 0.211. The van der Waals surface area contributed by atoms with Crippen LogP contribution in [-0.2, 0) is 12.8 Å². The molecule has 0 aliphatic heterocycles. The minimum absolute atomic E-state index is 0.211. The van der Waals surface area contributed by atoms with Crippen LogP contribution in [0.15, 0.2) is 142 Å². The SMILES string of the molecule is C/C=C\c1oc2ccc([C@H]3CC=C(c4ccc5oc6ccccc6c5c4)C4=C3c3cccc5c3[C@@H]4CC=C5n3c4ccccc4c4cnc5c(c43)CCCC5)cc2c1C. The summed E-state index contributed by atoms with van der Waals surface area (Å²) in [5.41, 5.74) is 21.8. The number of benzene rings is 5. The second-order valence-electron chi connectivity index (χ2n) is 17.0. The van der Waals surface area contributed by atoms with Crippen LogP contribution >= 0.6 is 0 Å². The zero-order valence-electron chi connectivity index (χ0n) is 33.3. The second-order valence-corrected chi connectivity index (χ2v) is 17.0. The summed E-state index contributed by atoms with van der Waals surface area (Å²) in [5, 5.41) is 6.09. The lowest BCUT2D eigenvalue weighted by Gasteiger charge is -2.30. The Kier molecular flexibility index (Phi) is 7.02. The summed E-state index contributed by atoms with van der Waals surface area (Å²) in [6, 6.07) is 38.3. The summed E-state index contributed by atoms with van der Waals surface area (Å²) in [6.45, 7) is 4.24. The highest BCUT2D eigenvalue weighted by molar-refractivity contribution is 6.13. The van der Waals surface area contributed by atoms with Crippen molar-refractivity contribution in [2.45, 2.75) is 64.2 Å². The largest absolute Gasteiger partial charge is 0.456 e. The van der Waals surface area contributed by atoms with Gasteiger partial charge in [0.25, 0.3) is 0 Å². The van der Waals surface area contributed by atoms with Crippen LogP contribution in [0.2, 0.25) is 0 Å². The highest BCUT2D eigenvalue weighted by atomic mass is 16.3. The molecule has 0 saturated carbocycles. The predicted molar refractivity (Wildman–Crippen MR) is 243 cm³/mol. The Morgan fingerprint density at radius 2 is 1.47 bits per heavy atom. The van der Waals surface area contributed by atoms with Gasteiger partial charge in [-0.2, -0.15) is 0 Å². The van der Waals surface area contributed by atoms with Gasteiger partial charge >= 0.3 is 0 Å². The van der Waals surface area contributed by atoms with Crippen molar-refractivity contribution in [2.75, 3.05) is 0 Å². The van der Waals surface area contributed by atoms with Gasteiger partial charge in [0.05, 0.1) is 11.0 Å². The Bertz CT molecular complexity index is 3430. The molecule has 0 unspecified atom stereocenters. The fraction of sp³-hybridized carbons (Fsp3) is 0.182. The van der Waals surface area contributed by atoms with E-state index in [1.54, 1.807) is 0 Å². The van der Waals surface area contributed by atoms with E-state index in [1.807, 2.05) is 6.92 Å². The summed E-state index contributed by atoms with van der Waals surface area (Å²) in [7, 11) is 0. The maximum Gasteiger partial charge on any atom is 0.135 e. The third kappa shape index (κ3) is 4.63. The van der Waals surface area contributed by atoms with Crippen LogP contribution in [0.3, 0.4) is 0 Å². The van der Waals surface area contributed by atoms with Crippen molar-refractivity contribution < 1.29 is 8.83 Å². The molecule has 9 aromatic rings. The first-order chi connectivity index (χ1) is 29.1. The van der Waals surface area contributed by atoms with Crippen molar-refractivity contribution in [3.05, 3.63) is 184 Å². The van der Waals surface area contributed by atoms with Crippen LogP contribution in [0, 0.1) is 6.92 Å². The van der Waals surface area contributed by atoms with E-state index in [-0.39, 0.29) is 11.8 Å². The fourth-order valence-electron chi connectivity index (χ4n) is 11.5. The van der Waals surface area contributed by atoms with Crippen molar-refractivity contribution >= 4 is 77.6 Å². The number of rotatable bonds is 4. The van der Waals surface area contributed by atoms with Crippen molar-refractivity contribution in [3.8, 4) is 0 Å². The molecule has 0 N–H and O–H groups in total. The van der Waals surface area contributed by atoms with Gasteiger partial charge in [0.15, 0.2) is 0 Å². The topological polar surface area (TPSA) is 44.1 Å². The number of aryl methyl sites for hydroxylation is 3. The van der Waals surface area contributed by atoms with Crippen molar-refractivity contribution in [2.24, 2.45) is 0 Å². The molecule has 284 valence electrons. The highest BCUT2D eigenvalue weighted by Gasteiger charge is 2.42. The number of para-hydroxylation sites is 2. The van der Waals surface area contributed by atoms with E-state index in [0.29, 0.717) is 0 Å². The first-order valence-corrected chi connectivity index (χ1v) is 21.4. The average Bonchev–Trinajstić information content (AvgIpc) is 4.02. The molecule has 5 aromatic carbocycles. The normalized spacial score (nSPS) is 18.7. The number of nitrogens with zero attached hydrogens (tertiary/aromatic N) is 2. The standard InChI is InChI=1S/C55H42N2O2/c1-3-11-48-31(2)42-28-32(20-26-50(42)58-48)34-22-23-35(33-21-27-51-43(29-33)37-13-6-9-19-49(37)59-51)54-41-24-25-47(39-15-10-16-40(52(39)41)53(34)54)57-46-18-8-5-12-36(46)44-30-56-45-17-7-4-14-38(45)55(44)57/h3,5-6,8-13,15-16,18-21,23,25-30,34,41H,4,7,14,17,22,24H2,1-2H3/b11-3-/t34-,41+/m1/s1. The molecule has 0 bridgehead atoms. The molecule has 0 amide bonds. The van der Waals surface area contributed by atoms with E-state index in [1.165, 1.54) is 118 Å². The number of furan rings is 2. The smallest absolute Gasteiger partial charge is 0.135 e. The van der Waals surface area contributed by atoms with E-state index in [2.05, 4.69) is 145 Å². The van der Waals surface area contributed by atoms with E-state index in [9.17, 15) is 0 Å². The van der Waals surface area contributed by atoms with Crippen molar-refractivity contribution in [1.82, 2.24) is 9.55 Å². The molecule has 0 saturated heterocycles. The Balaban J connectivity index is 1.03. The number of aromatic nitrogens is 2. The lowest BCUT2D eigenvalue weighted by molar-refractivity contribution is 0.601. The van der Waals surface area contributed by atoms with Gasteiger partial charge in [0, 0.05) is 67.5 Å². The third-order valence-electron chi connectivity index (χ3n) is 14.0. The molecule has 59 heavy (non-hydrogen) atoms. The maximum absolute atomic E-state index is 6.33. The third-order valence-corrected chi connectivity index (χ3v) is 14.0. The van der Waals surface area contributed by atoms with Gasteiger partial charge in [0.2, 0.25) is 0 Å². The van der Waals surface area contributed by atoms with Gasteiger partial charge in [-0.15, -0.1) is 0 Å². The predicted octanol–water partition coefficient (Wildman–Crippen LogP) is 14.5. The van der Waals surface area contributed by atoms with Crippen LogP contribution in [0.5, 0.6) is 0 Å². The minimum Gasteiger partial charge on any atom is -0.456 e. The second kappa shape index (κ2) is 12.4. The molecular formula is C55H42N2O2. The quantitative estimate of drug-likeness (QED) is 0.179. The monoisotopic (exact) mass is 762 g/mol. The van der Waals surface area contributed by atoms with Crippen LogP contribution in [-0.4, -0.2) is 9.55 Å². The lowest BCUT2D eigenvalue weighted by Crippen LogP contribution is -2.14. The summed E-state index contributed by atoms with van der Waals surface area (Å²) in [5.74, 6) is 1.40. The van der Waals surface area contributed by atoms with E-state index in [0.717, 1.165) is 48.2 Å². The van der Waals surface area contributed by atoms with E-state index < -0.39 is 0 Å². The Hall–Kier alpha value is -6.65. The van der Waals surface area contributed by atoms with Crippen LogP contribution in [0.4, 0.5) is 0 Å². The molecular weight excluding hydrogens is 721 g/mol. The molecule has 13 rings (SSSR count). The van der Waals surface area contributed by atoms with Crippen LogP contribution in [0.25, 0.3) is 77.6 Å². The van der Waals surface area contributed by atoms with E-state index in [4.69, 9.17) is 13.8 Å². The molecule has 0 radical (unpaired) electrons. The lowest BCUT2D eigenvalue weighted by atomic mass is 9.74. The Morgan fingerprint density at radius 1 is 0.678 bits per heavy atom. The molecule has 0 spiro atoms. The first-order valence-electron chi connectivity index (χ1n) is 21.4. The molecule has 4 heteroatoms. The highest BCUT2D eigenvalue weighted by Crippen LogP contribution is 2.60. The average molecular weight is 763 g/mol. The van der Waals surface area contributed by atoms with Gasteiger partial charge in [-0.3, -0.25) is 4.98 Å². The molecule has 4 aromatic heterocycles. The van der Waals surface area contributed by atoms with Crippen LogP contribution < -0.4 is 0 Å². The number of hydrogen-bond donors (Lipinski definition) is 0. The van der Waals surface area contributed by atoms with E-state index >= 15 is 0 Å². The van der Waals surface area contributed by atoms with Gasteiger partial charge in [-0.1, -0.05) is 85.0 Å². The number of fused-ring (bicyclic) bond motifs is 11. The number of allylic oxidation sites excluding steroid dienone is 6. The molecule has 4 nitrogen and oxygen atoms in total. The van der Waals surface area contributed by atoms with Gasteiger partial charge in [-0.05, 0) is 139 Å². The number of hydrogen-bond acceptors (Lipinski definition) is 3. The summed E-state index contributed by atoms with van der Waals surface area (Å²) in [4.78, 5) is 5.07. The van der Waals surface area contributed by atoms with Crippen molar-refractivity contribution in [1.29, 1.82) is 0 Å². The van der Waals surface area contributed by atoms with Gasteiger partial charge in [-0.25, -0.2) is 0 Å². The summed E-state index contributed by atoms with van der Waals surface area (Å²) < 4.78 is 15.3. The van der Waals surface area contributed by atoms with Gasteiger partial charge < -0.3 is 13.4 Å². The van der Waals surface area contributed by atoms with Gasteiger partial charge in [0.1, 0.15) is 22.5 Å². The Morgan fingerprint density at radius 3 is 2.41 bits per heavy atom. The molecule has 2 atom stereocenters. The Labute approximate surface area is 342 Å². The summed E-state index contributed by atoms with van der Waals surface area (Å²) in [6.07, 6.45) is 17.8.